The molecule has 0 atom stereocenters. The van der Waals surface area contributed by atoms with Gasteiger partial charge in [-0.1, -0.05) is 33.6 Å². The van der Waals surface area contributed by atoms with Gasteiger partial charge in [0.1, 0.15) is 5.75 Å². The van der Waals surface area contributed by atoms with Gasteiger partial charge in [0.2, 0.25) is 0 Å². The third-order valence-electron chi connectivity index (χ3n) is 2.22. The summed E-state index contributed by atoms with van der Waals surface area (Å²) in [6.07, 6.45) is 1.62. The molecule has 0 aromatic heterocycles. The van der Waals surface area contributed by atoms with Gasteiger partial charge in [-0.15, -0.1) is 0 Å². The third kappa shape index (κ3) is 3.46. The van der Waals surface area contributed by atoms with Crippen LogP contribution in [0, 0.1) is 3.57 Å². The van der Waals surface area contributed by atoms with Crippen molar-refractivity contribution >= 4 is 62.0 Å². The predicted molar refractivity (Wildman–Crippen MR) is 87.2 cm³/mol. The van der Waals surface area contributed by atoms with E-state index in [9.17, 15) is 5.11 Å². The molecule has 0 saturated carbocycles. The molecule has 2 aromatic carbocycles. The van der Waals surface area contributed by atoms with Gasteiger partial charge in [0.25, 0.3) is 0 Å². The number of phenols is 1. The second-order valence-electron chi connectivity index (χ2n) is 3.56. The lowest BCUT2D eigenvalue weighted by Gasteiger charge is -2.02. The van der Waals surface area contributed by atoms with Crippen LogP contribution >= 0.6 is 50.1 Å². The van der Waals surface area contributed by atoms with Crippen molar-refractivity contribution < 1.29 is 5.11 Å². The fourth-order valence-corrected chi connectivity index (χ4v) is 3.12. The van der Waals surface area contributed by atoms with Gasteiger partial charge in [-0.2, -0.15) is 0 Å². The van der Waals surface area contributed by atoms with Crippen LogP contribution in [0.1, 0.15) is 5.56 Å². The van der Waals surface area contributed by atoms with Crippen LogP contribution < -0.4 is 0 Å². The Morgan fingerprint density at radius 2 is 2.06 bits per heavy atom. The number of phenolic OH excluding ortho intramolecular Hbond substituents is 1. The van der Waals surface area contributed by atoms with Gasteiger partial charge < -0.3 is 5.11 Å². The average Bonchev–Trinajstić information content (AvgIpc) is 2.32. The Morgan fingerprint density at radius 3 is 2.78 bits per heavy atom. The maximum absolute atomic E-state index is 9.91. The molecule has 0 spiro atoms. The number of nitrogens with zero attached hydrogens (tertiary/aromatic N) is 1. The molecule has 0 fully saturated rings. The fourth-order valence-electron chi connectivity index (χ4n) is 1.38. The van der Waals surface area contributed by atoms with Gasteiger partial charge >= 0.3 is 0 Å². The van der Waals surface area contributed by atoms with E-state index in [2.05, 4.69) is 43.5 Å². The molecule has 0 aliphatic rings. The lowest BCUT2D eigenvalue weighted by Crippen LogP contribution is -1.86. The van der Waals surface area contributed by atoms with Gasteiger partial charge in [0.15, 0.2) is 0 Å². The van der Waals surface area contributed by atoms with E-state index in [0.717, 1.165) is 13.7 Å². The summed E-state index contributed by atoms with van der Waals surface area (Å²) in [5.74, 6) is 0.226. The molecule has 2 nitrogen and oxygen atoms in total. The van der Waals surface area contributed by atoms with Crippen molar-refractivity contribution in [1.82, 2.24) is 0 Å². The van der Waals surface area contributed by atoms with E-state index in [1.807, 2.05) is 24.3 Å². The summed E-state index contributed by atoms with van der Waals surface area (Å²) in [6, 6.07) is 10.9. The van der Waals surface area contributed by atoms with Crippen LogP contribution in [0.15, 0.2) is 45.9 Å². The minimum absolute atomic E-state index is 0.226. The van der Waals surface area contributed by atoms with Crippen molar-refractivity contribution in [3.63, 3.8) is 0 Å². The molecule has 0 unspecified atom stereocenters. The van der Waals surface area contributed by atoms with Gasteiger partial charge in [0.05, 0.1) is 9.26 Å². The molecular formula is C13H8BrClINO. The molecule has 2 rings (SSSR count). The van der Waals surface area contributed by atoms with Crippen molar-refractivity contribution in [3.05, 3.63) is 55.0 Å². The molecule has 2 aromatic rings. The maximum Gasteiger partial charge on any atom is 0.137 e. The maximum atomic E-state index is 9.91. The van der Waals surface area contributed by atoms with E-state index < -0.39 is 0 Å². The zero-order valence-electron chi connectivity index (χ0n) is 9.07. The topological polar surface area (TPSA) is 32.6 Å². The zero-order valence-corrected chi connectivity index (χ0v) is 13.6. The van der Waals surface area contributed by atoms with Crippen LogP contribution in [-0.2, 0) is 0 Å². The van der Waals surface area contributed by atoms with Crippen LogP contribution in [0.5, 0.6) is 5.75 Å². The molecule has 0 saturated heterocycles. The Labute approximate surface area is 132 Å². The number of benzene rings is 2. The first kappa shape index (κ1) is 13.8. The number of halogens is 3. The van der Waals surface area contributed by atoms with Crippen molar-refractivity contribution in [1.29, 1.82) is 0 Å². The molecule has 92 valence electrons. The molecule has 18 heavy (non-hydrogen) atoms. The number of aromatic hydroxyl groups is 1. The fraction of sp³-hybridized carbons (Fsp3) is 0. The standard InChI is InChI=1S/C13H8BrClINO/c14-9-4-8(13(18)12(16)5-9)7-17-11-3-1-2-10(15)6-11/h1-7,18H. The van der Waals surface area contributed by atoms with Crippen LogP contribution in [0.25, 0.3) is 0 Å². The highest BCUT2D eigenvalue weighted by Gasteiger charge is 2.05. The molecule has 0 amide bonds. The van der Waals surface area contributed by atoms with Crippen molar-refractivity contribution in [2.45, 2.75) is 0 Å². The van der Waals surface area contributed by atoms with Crippen molar-refractivity contribution in [2.24, 2.45) is 4.99 Å². The van der Waals surface area contributed by atoms with Crippen LogP contribution in [0.2, 0.25) is 5.02 Å². The summed E-state index contributed by atoms with van der Waals surface area (Å²) in [7, 11) is 0. The van der Waals surface area contributed by atoms with Gasteiger partial charge in [-0.3, -0.25) is 4.99 Å². The Kier molecular flexibility index (Phi) is 4.64. The highest BCUT2D eigenvalue weighted by atomic mass is 127. The van der Waals surface area contributed by atoms with Gasteiger partial charge in [-0.25, -0.2) is 0 Å². The second kappa shape index (κ2) is 6.04. The first-order chi connectivity index (χ1) is 8.56. The highest BCUT2D eigenvalue weighted by Crippen LogP contribution is 2.28. The minimum atomic E-state index is 0.226. The second-order valence-corrected chi connectivity index (χ2v) is 6.08. The van der Waals surface area contributed by atoms with Gasteiger partial charge in [-0.05, 0) is 52.9 Å². The SMILES string of the molecule is Oc1c(I)cc(Br)cc1C=Nc1cccc(Cl)c1. The van der Waals surface area contributed by atoms with Crippen LogP contribution in [-0.4, -0.2) is 11.3 Å². The quantitative estimate of drug-likeness (QED) is 0.512. The lowest BCUT2D eigenvalue weighted by molar-refractivity contribution is 0.470. The molecule has 1 N–H and O–H groups in total. The predicted octanol–water partition coefficient (Wildman–Crippen LogP) is 5.16. The van der Waals surface area contributed by atoms with Crippen molar-refractivity contribution in [2.75, 3.05) is 0 Å². The number of hydrogen-bond acceptors (Lipinski definition) is 2. The number of rotatable bonds is 2. The number of aliphatic imine (C=N–C) groups is 1. The van der Waals surface area contributed by atoms with Crippen molar-refractivity contribution in [3.8, 4) is 5.75 Å². The first-order valence-electron chi connectivity index (χ1n) is 5.04. The van der Waals surface area contributed by atoms with E-state index in [1.165, 1.54) is 0 Å². The Morgan fingerprint density at radius 1 is 1.28 bits per heavy atom. The molecule has 0 radical (unpaired) electrons. The van der Waals surface area contributed by atoms with Gasteiger partial charge in [0, 0.05) is 21.3 Å². The largest absolute Gasteiger partial charge is 0.506 e. The van der Waals surface area contributed by atoms with Crippen LogP contribution in [0.4, 0.5) is 5.69 Å². The minimum Gasteiger partial charge on any atom is -0.506 e. The number of hydrogen-bond donors (Lipinski definition) is 1. The summed E-state index contributed by atoms with van der Waals surface area (Å²) >= 11 is 11.3. The average molecular weight is 436 g/mol. The molecular weight excluding hydrogens is 428 g/mol. The molecule has 0 heterocycles. The smallest absolute Gasteiger partial charge is 0.137 e. The first-order valence-corrected chi connectivity index (χ1v) is 7.29. The Bertz CT molecular complexity index is 616. The van der Waals surface area contributed by atoms with E-state index in [1.54, 1.807) is 18.3 Å². The molecule has 0 bridgehead atoms. The summed E-state index contributed by atoms with van der Waals surface area (Å²) in [4.78, 5) is 4.29. The highest BCUT2D eigenvalue weighted by molar-refractivity contribution is 14.1. The zero-order chi connectivity index (χ0) is 13.1. The summed E-state index contributed by atoms with van der Waals surface area (Å²) in [5.41, 5.74) is 1.41. The van der Waals surface area contributed by atoms with E-state index in [4.69, 9.17) is 11.6 Å². The summed E-state index contributed by atoms with van der Waals surface area (Å²) < 4.78 is 1.67. The third-order valence-corrected chi connectivity index (χ3v) is 3.73. The lowest BCUT2D eigenvalue weighted by atomic mass is 10.2. The van der Waals surface area contributed by atoms with Crippen LogP contribution in [0.3, 0.4) is 0 Å². The van der Waals surface area contributed by atoms with E-state index >= 15 is 0 Å². The monoisotopic (exact) mass is 435 g/mol. The normalized spacial score (nSPS) is 11.1. The molecule has 0 aliphatic carbocycles. The summed E-state index contributed by atoms with van der Waals surface area (Å²) in [6.45, 7) is 0. The molecule has 0 aliphatic heterocycles. The van der Waals surface area contributed by atoms with E-state index in [0.29, 0.717) is 10.6 Å². The Hall–Kier alpha value is -0.590. The Balaban J connectivity index is 2.34. The summed E-state index contributed by atoms with van der Waals surface area (Å²) in [5, 5.41) is 10.5. The van der Waals surface area contributed by atoms with E-state index in [-0.39, 0.29) is 5.75 Å². The molecule has 5 heteroatoms.